The van der Waals surface area contributed by atoms with Crippen LogP contribution in [0.3, 0.4) is 0 Å². The molecule has 0 fully saturated rings. The molecule has 0 spiro atoms. The summed E-state index contributed by atoms with van der Waals surface area (Å²) in [5, 5.41) is 10.1. The van der Waals surface area contributed by atoms with Crippen molar-refractivity contribution in [3.63, 3.8) is 0 Å². The topological polar surface area (TPSA) is 53.4 Å². The van der Waals surface area contributed by atoms with Crippen molar-refractivity contribution in [1.29, 1.82) is 0 Å². The van der Waals surface area contributed by atoms with E-state index in [1.807, 2.05) is 6.07 Å². The molecule has 0 aliphatic heterocycles. The molecule has 0 saturated carbocycles. The fraction of sp³-hybridized carbons (Fsp3) is 0.625. The first-order valence-corrected chi connectivity index (χ1v) is 8.75. The zero-order chi connectivity index (χ0) is 15.2. The van der Waals surface area contributed by atoms with Crippen molar-refractivity contribution in [2.75, 3.05) is 25.4 Å². The van der Waals surface area contributed by atoms with E-state index in [1.165, 1.54) is 0 Å². The minimum atomic E-state index is -0.860. The van der Waals surface area contributed by atoms with Gasteiger partial charge in [-0.15, -0.1) is 11.8 Å². The zero-order valence-electron chi connectivity index (χ0n) is 12.9. The minimum absolute atomic E-state index is 0.375. The molecule has 0 bridgehead atoms. The average molecular weight is 308 g/mol. The Morgan fingerprint density at radius 1 is 1.33 bits per heavy atom. The highest BCUT2D eigenvalue weighted by Crippen LogP contribution is 2.27. The summed E-state index contributed by atoms with van der Waals surface area (Å²) in [6, 6.07) is 1.85. The van der Waals surface area contributed by atoms with Crippen LogP contribution in [0.5, 0.6) is 0 Å². The quantitative estimate of drug-likeness (QED) is 0.785. The van der Waals surface area contributed by atoms with Crippen LogP contribution in [-0.4, -0.2) is 46.3 Å². The first-order valence-electron chi connectivity index (χ1n) is 7.77. The van der Waals surface area contributed by atoms with Gasteiger partial charge in [0.05, 0.1) is 5.56 Å². The highest BCUT2D eigenvalue weighted by Gasteiger charge is 2.19. The lowest BCUT2D eigenvalue weighted by Gasteiger charge is -2.19. The monoisotopic (exact) mass is 308 g/mol. The van der Waals surface area contributed by atoms with Gasteiger partial charge < -0.3 is 10.0 Å². The summed E-state index contributed by atoms with van der Waals surface area (Å²) in [7, 11) is 0. The van der Waals surface area contributed by atoms with Crippen LogP contribution in [0, 0.1) is 0 Å². The van der Waals surface area contributed by atoms with Crippen LogP contribution in [0.25, 0.3) is 0 Å². The standard InChI is InChI=1S/C16H24N2O2S/c1-3-18(4-2)9-10-21-15-13(16(19)20)11-12-7-5-6-8-14(12)17-15/h11H,3-10H2,1-2H3,(H,19,20). The van der Waals surface area contributed by atoms with Crippen LogP contribution in [0.2, 0.25) is 0 Å². The Balaban J connectivity index is 2.11. The van der Waals surface area contributed by atoms with Crippen molar-refractivity contribution in [2.45, 2.75) is 44.6 Å². The lowest BCUT2D eigenvalue weighted by Crippen LogP contribution is -2.25. The van der Waals surface area contributed by atoms with Gasteiger partial charge in [-0.05, 0) is 50.4 Å². The molecule has 2 rings (SSSR count). The van der Waals surface area contributed by atoms with Crippen LogP contribution in [0.15, 0.2) is 11.1 Å². The molecule has 1 heterocycles. The Labute approximate surface area is 130 Å². The van der Waals surface area contributed by atoms with Gasteiger partial charge in [0.1, 0.15) is 5.03 Å². The third-order valence-electron chi connectivity index (χ3n) is 4.04. The van der Waals surface area contributed by atoms with Crippen LogP contribution in [0.1, 0.15) is 48.3 Å². The number of aryl methyl sites for hydroxylation is 2. The van der Waals surface area contributed by atoms with E-state index in [-0.39, 0.29) is 0 Å². The number of thioether (sulfide) groups is 1. The number of rotatable bonds is 7. The molecule has 0 radical (unpaired) electrons. The van der Waals surface area contributed by atoms with E-state index in [1.54, 1.807) is 11.8 Å². The van der Waals surface area contributed by atoms with Crippen molar-refractivity contribution >= 4 is 17.7 Å². The number of carbonyl (C=O) groups is 1. The van der Waals surface area contributed by atoms with Crippen molar-refractivity contribution in [3.05, 3.63) is 22.9 Å². The number of hydrogen-bond donors (Lipinski definition) is 1. The van der Waals surface area contributed by atoms with Gasteiger partial charge in [-0.2, -0.15) is 0 Å². The van der Waals surface area contributed by atoms with Gasteiger partial charge in [0.2, 0.25) is 0 Å². The van der Waals surface area contributed by atoms with Gasteiger partial charge in [0.15, 0.2) is 0 Å². The summed E-state index contributed by atoms with van der Waals surface area (Å²) >= 11 is 1.57. The van der Waals surface area contributed by atoms with Gasteiger partial charge in [0.25, 0.3) is 0 Å². The predicted molar refractivity (Wildman–Crippen MR) is 86.4 cm³/mol. The molecule has 116 valence electrons. The van der Waals surface area contributed by atoms with Crippen molar-refractivity contribution in [3.8, 4) is 0 Å². The highest BCUT2D eigenvalue weighted by molar-refractivity contribution is 7.99. The maximum atomic E-state index is 11.5. The molecule has 1 N–H and O–H groups in total. The van der Waals surface area contributed by atoms with E-state index >= 15 is 0 Å². The van der Waals surface area contributed by atoms with Gasteiger partial charge in [0, 0.05) is 18.0 Å². The molecule has 4 nitrogen and oxygen atoms in total. The molecular weight excluding hydrogens is 284 g/mol. The lowest BCUT2D eigenvalue weighted by molar-refractivity contribution is 0.0692. The van der Waals surface area contributed by atoms with E-state index in [4.69, 9.17) is 0 Å². The number of hydrogen-bond acceptors (Lipinski definition) is 4. The number of nitrogens with zero attached hydrogens (tertiary/aromatic N) is 2. The van der Waals surface area contributed by atoms with Gasteiger partial charge in [-0.1, -0.05) is 13.8 Å². The number of aromatic carboxylic acids is 1. The normalized spacial score (nSPS) is 14.2. The fourth-order valence-electron chi connectivity index (χ4n) is 2.69. The van der Waals surface area contributed by atoms with E-state index < -0.39 is 5.97 Å². The van der Waals surface area contributed by atoms with Gasteiger partial charge in [-0.25, -0.2) is 9.78 Å². The first-order chi connectivity index (χ1) is 10.2. The Morgan fingerprint density at radius 2 is 2.05 bits per heavy atom. The second-order valence-corrected chi connectivity index (χ2v) is 6.42. The van der Waals surface area contributed by atoms with Crippen LogP contribution in [-0.2, 0) is 12.8 Å². The maximum absolute atomic E-state index is 11.5. The van der Waals surface area contributed by atoms with E-state index in [2.05, 4.69) is 23.7 Å². The Morgan fingerprint density at radius 3 is 2.71 bits per heavy atom. The highest BCUT2D eigenvalue weighted by atomic mass is 32.2. The molecule has 1 aliphatic rings. The summed E-state index contributed by atoms with van der Waals surface area (Å²) in [6.45, 7) is 7.32. The predicted octanol–water partition coefficient (Wildman–Crippen LogP) is 3.09. The summed E-state index contributed by atoms with van der Waals surface area (Å²) in [5.41, 5.74) is 2.61. The first kappa shape index (κ1) is 16.3. The molecule has 0 atom stereocenters. The molecule has 5 heteroatoms. The Bertz CT molecular complexity index is 501. The summed E-state index contributed by atoms with van der Waals surface area (Å²) < 4.78 is 0. The largest absolute Gasteiger partial charge is 0.478 e. The maximum Gasteiger partial charge on any atom is 0.338 e. The summed E-state index contributed by atoms with van der Waals surface area (Å²) in [4.78, 5) is 18.4. The molecule has 0 saturated heterocycles. The lowest BCUT2D eigenvalue weighted by atomic mass is 9.95. The summed E-state index contributed by atoms with van der Waals surface area (Å²) in [5.74, 6) is 0.0227. The number of carboxylic acid groups (broad SMARTS) is 1. The van der Waals surface area contributed by atoms with Crippen LogP contribution < -0.4 is 0 Å². The number of aromatic nitrogens is 1. The zero-order valence-corrected chi connectivity index (χ0v) is 13.7. The third-order valence-corrected chi connectivity index (χ3v) is 5.01. The minimum Gasteiger partial charge on any atom is -0.478 e. The smallest absolute Gasteiger partial charge is 0.338 e. The number of fused-ring (bicyclic) bond motifs is 1. The van der Waals surface area contributed by atoms with E-state index in [0.29, 0.717) is 10.6 Å². The molecule has 1 aromatic heterocycles. The van der Waals surface area contributed by atoms with Crippen molar-refractivity contribution in [1.82, 2.24) is 9.88 Å². The van der Waals surface area contributed by atoms with E-state index in [9.17, 15) is 9.90 Å². The summed E-state index contributed by atoms with van der Waals surface area (Å²) in [6.07, 6.45) is 4.25. The molecule has 0 unspecified atom stereocenters. The Hall–Kier alpha value is -1.07. The Kier molecular flexibility index (Phi) is 6.06. The third kappa shape index (κ3) is 4.20. The van der Waals surface area contributed by atoms with Gasteiger partial charge in [-0.3, -0.25) is 0 Å². The average Bonchev–Trinajstić information content (AvgIpc) is 2.50. The van der Waals surface area contributed by atoms with E-state index in [0.717, 1.165) is 62.3 Å². The molecular formula is C16H24N2O2S. The van der Waals surface area contributed by atoms with Crippen LogP contribution >= 0.6 is 11.8 Å². The molecule has 1 aliphatic carbocycles. The SMILES string of the molecule is CCN(CC)CCSc1nc2c(cc1C(=O)O)CCCC2. The second kappa shape index (κ2) is 7.80. The van der Waals surface area contributed by atoms with Crippen LogP contribution in [0.4, 0.5) is 0 Å². The van der Waals surface area contributed by atoms with Crippen molar-refractivity contribution in [2.24, 2.45) is 0 Å². The molecule has 1 aromatic rings. The van der Waals surface area contributed by atoms with Gasteiger partial charge >= 0.3 is 5.97 Å². The molecule has 0 aromatic carbocycles. The van der Waals surface area contributed by atoms with Crippen molar-refractivity contribution < 1.29 is 9.90 Å². The molecule has 0 amide bonds. The number of pyridine rings is 1. The molecule has 21 heavy (non-hydrogen) atoms. The fourth-order valence-corrected chi connectivity index (χ4v) is 3.71. The number of carboxylic acids is 1. The second-order valence-electron chi connectivity index (χ2n) is 5.33.